The van der Waals surface area contributed by atoms with Gasteiger partial charge in [0, 0.05) is 11.3 Å². The molecule has 0 aliphatic heterocycles. The van der Waals surface area contributed by atoms with E-state index in [2.05, 4.69) is 5.32 Å². The van der Waals surface area contributed by atoms with Gasteiger partial charge in [-0.1, -0.05) is 26.8 Å². The molecule has 5 N–H and O–H groups in total. The predicted molar refractivity (Wildman–Crippen MR) is 83.0 cm³/mol. The monoisotopic (exact) mass is 299 g/mol. The van der Waals surface area contributed by atoms with E-state index in [1.165, 1.54) is 0 Å². The van der Waals surface area contributed by atoms with E-state index in [0.29, 0.717) is 11.3 Å². The summed E-state index contributed by atoms with van der Waals surface area (Å²) < 4.78 is 0. The minimum absolute atomic E-state index is 0. The maximum Gasteiger partial charge on any atom is 0.249 e. The standard InChI is InChI=1S/C14H21N3O2.ClH/c1-8-5-6-9(7-10(8)12(16)18)17-13(19)11(15)14(2,3)4;/h5-7,11H,15H2,1-4H3,(H2,16,18)(H,17,19);1H/t11-;/m1./s1. The van der Waals surface area contributed by atoms with Gasteiger partial charge in [-0.15, -0.1) is 12.4 Å². The molecule has 0 aliphatic rings. The zero-order valence-electron chi connectivity index (χ0n) is 12.2. The van der Waals surface area contributed by atoms with E-state index in [1.54, 1.807) is 25.1 Å². The number of nitrogens with two attached hydrogens (primary N) is 2. The molecule has 20 heavy (non-hydrogen) atoms. The number of anilines is 1. The summed E-state index contributed by atoms with van der Waals surface area (Å²) in [6.07, 6.45) is 0. The van der Waals surface area contributed by atoms with E-state index >= 15 is 0 Å². The molecule has 0 saturated carbocycles. The first-order valence-corrected chi connectivity index (χ1v) is 6.10. The molecule has 5 nitrogen and oxygen atoms in total. The number of benzene rings is 1. The molecule has 1 aromatic rings. The van der Waals surface area contributed by atoms with Gasteiger partial charge in [0.1, 0.15) is 0 Å². The Kier molecular flexibility index (Phi) is 6.19. The largest absolute Gasteiger partial charge is 0.366 e. The molecule has 0 heterocycles. The van der Waals surface area contributed by atoms with Crippen LogP contribution >= 0.6 is 12.4 Å². The van der Waals surface area contributed by atoms with E-state index in [4.69, 9.17) is 11.5 Å². The van der Waals surface area contributed by atoms with Gasteiger partial charge < -0.3 is 16.8 Å². The Bertz CT molecular complexity index is 510. The summed E-state index contributed by atoms with van der Waals surface area (Å²) in [5.41, 5.74) is 12.5. The van der Waals surface area contributed by atoms with Crippen LogP contribution in [0.25, 0.3) is 0 Å². The summed E-state index contributed by atoms with van der Waals surface area (Å²) >= 11 is 0. The fraction of sp³-hybridized carbons (Fsp3) is 0.429. The lowest BCUT2D eigenvalue weighted by Crippen LogP contribution is -2.45. The SMILES string of the molecule is Cc1ccc(NC(=O)[C@@H](N)C(C)(C)C)cc1C(N)=O.Cl. The first-order chi connectivity index (χ1) is 8.62. The molecule has 0 aliphatic carbocycles. The van der Waals surface area contributed by atoms with E-state index in [1.807, 2.05) is 20.8 Å². The van der Waals surface area contributed by atoms with Crippen LogP contribution in [0, 0.1) is 12.3 Å². The van der Waals surface area contributed by atoms with Crippen molar-refractivity contribution in [3.8, 4) is 0 Å². The van der Waals surface area contributed by atoms with E-state index in [-0.39, 0.29) is 23.7 Å². The van der Waals surface area contributed by atoms with Crippen LogP contribution in [0.5, 0.6) is 0 Å². The molecule has 2 amide bonds. The highest BCUT2D eigenvalue weighted by atomic mass is 35.5. The lowest BCUT2D eigenvalue weighted by atomic mass is 9.87. The number of amides is 2. The Balaban J connectivity index is 0.00000361. The second-order valence-electron chi connectivity index (χ2n) is 5.73. The van der Waals surface area contributed by atoms with Crippen LogP contribution in [-0.2, 0) is 4.79 Å². The molecule has 6 heteroatoms. The maximum absolute atomic E-state index is 12.0. The van der Waals surface area contributed by atoms with Crippen molar-refractivity contribution in [3.05, 3.63) is 29.3 Å². The van der Waals surface area contributed by atoms with Crippen molar-refractivity contribution < 1.29 is 9.59 Å². The van der Waals surface area contributed by atoms with Gasteiger partial charge in [-0.25, -0.2) is 0 Å². The third-order valence-corrected chi connectivity index (χ3v) is 2.99. The minimum atomic E-state index is -0.633. The Morgan fingerprint density at radius 1 is 1.25 bits per heavy atom. The number of nitrogens with one attached hydrogen (secondary N) is 1. The Morgan fingerprint density at radius 2 is 1.80 bits per heavy atom. The van der Waals surface area contributed by atoms with Crippen LogP contribution in [0.2, 0.25) is 0 Å². The van der Waals surface area contributed by atoms with Gasteiger partial charge in [0.25, 0.3) is 0 Å². The summed E-state index contributed by atoms with van der Waals surface area (Å²) in [4.78, 5) is 23.2. The van der Waals surface area contributed by atoms with Gasteiger partial charge in [-0.2, -0.15) is 0 Å². The number of aryl methyl sites for hydroxylation is 1. The molecule has 0 unspecified atom stereocenters. The summed E-state index contributed by atoms with van der Waals surface area (Å²) in [5, 5.41) is 2.70. The van der Waals surface area contributed by atoms with Gasteiger partial charge in [-0.05, 0) is 30.0 Å². The first kappa shape index (κ1) is 18.4. The Labute approximate surface area is 125 Å². The molecule has 112 valence electrons. The van der Waals surface area contributed by atoms with E-state index in [0.717, 1.165) is 5.56 Å². The lowest BCUT2D eigenvalue weighted by molar-refractivity contribution is -0.119. The number of primary amides is 1. The zero-order valence-corrected chi connectivity index (χ0v) is 13.0. The molecule has 0 spiro atoms. The lowest BCUT2D eigenvalue weighted by Gasteiger charge is -2.25. The number of halogens is 1. The topological polar surface area (TPSA) is 98.2 Å². The van der Waals surface area contributed by atoms with Crippen LogP contribution in [0.4, 0.5) is 5.69 Å². The summed E-state index contributed by atoms with van der Waals surface area (Å²) in [7, 11) is 0. The van der Waals surface area contributed by atoms with Crippen molar-refractivity contribution >= 4 is 29.9 Å². The Morgan fingerprint density at radius 3 is 2.25 bits per heavy atom. The smallest absolute Gasteiger partial charge is 0.249 e. The quantitative estimate of drug-likeness (QED) is 0.794. The van der Waals surface area contributed by atoms with Gasteiger partial charge >= 0.3 is 0 Å². The maximum atomic E-state index is 12.0. The van der Waals surface area contributed by atoms with Gasteiger partial charge in [0.2, 0.25) is 11.8 Å². The second-order valence-corrected chi connectivity index (χ2v) is 5.73. The van der Waals surface area contributed by atoms with Gasteiger partial charge in [-0.3, -0.25) is 9.59 Å². The van der Waals surface area contributed by atoms with Gasteiger partial charge in [0.15, 0.2) is 0 Å². The van der Waals surface area contributed by atoms with E-state index in [9.17, 15) is 9.59 Å². The minimum Gasteiger partial charge on any atom is -0.366 e. The van der Waals surface area contributed by atoms with Crippen LogP contribution in [0.3, 0.4) is 0 Å². The van der Waals surface area contributed by atoms with Crippen molar-refractivity contribution in [1.82, 2.24) is 0 Å². The molecule has 1 aromatic carbocycles. The average Bonchev–Trinajstić information content (AvgIpc) is 2.29. The van der Waals surface area contributed by atoms with Crippen LogP contribution in [0.1, 0.15) is 36.7 Å². The van der Waals surface area contributed by atoms with Crippen molar-refractivity contribution in [1.29, 1.82) is 0 Å². The summed E-state index contributed by atoms with van der Waals surface area (Å²) in [5.74, 6) is -0.805. The molecular weight excluding hydrogens is 278 g/mol. The molecule has 0 saturated heterocycles. The van der Waals surface area contributed by atoms with Crippen molar-refractivity contribution in [2.45, 2.75) is 33.7 Å². The fourth-order valence-electron chi connectivity index (χ4n) is 1.58. The number of hydrogen-bond donors (Lipinski definition) is 3. The van der Waals surface area contributed by atoms with Crippen LogP contribution in [0.15, 0.2) is 18.2 Å². The predicted octanol–water partition coefficient (Wildman–Crippen LogP) is 1.83. The van der Waals surface area contributed by atoms with Crippen molar-refractivity contribution in [3.63, 3.8) is 0 Å². The van der Waals surface area contributed by atoms with Crippen LogP contribution in [-0.4, -0.2) is 17.9 Å². The second kappa shape index (κ2) is 6.72. The van der Waals surface area contributed by atoms with Crippen molar-refractivity contribution in [2.24, 2.45) is 16.9 Å². The molecule has 0 radical (unpaired) electrons. The van der Waals surface area contributed by atoms with Crippen molar-refractivity contribution in [2.75, 3.05) is 5.32 Å². The zero-order chi connectivity index (χ0) is 14.8. The highest BCUT2D eigenvalue weighted by Gasteiger charge is 2.27. The molecule has 0 fully saturated rings. The van der Waals surface area contributed by atoms with E-state index < -0.39 is 11.9 Å². The fourth-order valence-corrected chi connectivity index (χ4v) is 1.58. The molecule has 0 aromatic heterocycles. The first-order valence-electron chi connectivity index (χ1n) is 6.10. The Hall–Kier alpha value is -1.59. The number of rotatable bonds is 3. The number of carbonyl (C=O) groups is 2. The number of carbonyl (C=O) groups excluding carboxylic acids is 2. The number of hydrogen-bond acceptors (Lipinski definition) is 3. The third-order valence-electron chi connectivity index (χ3n) is 2.99. The summed E-state index contributed by atoms with van der Waals surface area (Å²) in [6.45, 7) is 7.45. The van der Waals surface area contributed by atoms with Gasteiger partial charge in [0.05, 0.1) is 6.04 Å². The summed E-state index contributed by atoms with van der Waals surface area (Å²) in [6, 6.07) is 4.38. The molecule has 1 rings (SSSR count). The highest BCUT2D eigenvalue weighted by Crippen LogP contribution is 2.20. The molecule has 0 bridgehead atoms. The van der Waals surface area contributed by atoms with Crippen LogP contribution < -0.4 is 16.8 Å². The normalized spacial score (nSPS) is 12.2. The molecule has 1 atom stereocenters. The highest BCUT2D eigenvalue weighted by molar-refractivity contribution is 5.98. The third kappa shape index (κ3) is 4.51. The molecular formula is C14H22ClN3O2. The average molecular weight is 300 g/mol.